The number of aliphatic carboxylic acids is 1. The molecule has 0 aliphatic carbocycles. The van der Waals surface area contributed by atoms with E-state index in [1.165, 1.54) is 6.92 Å². The van der Waals surface area contributed by atoms with E-state index in [0.717, 1.165) is 10.9 Å². The normalized spacial score (nSPS) is 14.9. The average Bonchev–Trinajstić information content (AvgIpc) is 2.61. The van der Waals surface area contributed by atoms with Gasteiger partial charge in [0.1, 0.15) is 5.54 Å². The molecule has 1 atom stereocenters. The Kier molecular flexibility index (Phi) is 2.40. The van der Waals surface area contributed by atoms with Gasteiger partial charge in [-0.2, -0.15) is 5.10 Å². The van der Waals surface area contributed by atoms with Crippen LogP contribution in [0.1, 0.15) is 6.92 Å². The molecule has 1 aromatic carbocycles. The SMILES string of the molecule is CC(N)(Cn1ncc2ccccc21)C(=O)O. The molecule has 3 N–H and O–H groups in total. The van der Waals surface area contributed by atoms with Crippen molar-refractivity contribution in [2.75, 3.05) is 0 Å². The lowest BCUT2D eigenvalue weighted by molar-refractivity contribution is -0.143. The smallest absolute Gasteiger partial charge is 0.325 e. The number of nitrogens with zero attached hydrogens (tertiary/aromatic N) is 2. The van der Waals surface area contributed by atoms with Crippen LogP contribution in [0.3, 0.4) is 0 Å². The minimum Gasteiger partial charge on any atom is -0.480 e. The fraction of sp³-hybridized carbons (Fsp3) is 0.273. The van der Waals surface area contributed by atoms with Crippen LogP contribution < -0.4 is 5.73 Å². The zero-order chi connectivity index (χ0) is 11.8. The molecule has 1 heterocycles. The van der Waals surface area contributed by atoms with Gasteiger partial charge in [0.05, 0.1) is 18.3 Å². The largest absolute Gasteiger partial charge is 0.480 e. The second-order valence-electron chi connectivity index (χ2n) is 4.08. The zero-order valence-corrected chi connectivity index (χ0v) is 8.92. The van der Waals surface area contributed by atoms with Crippen LogP contribution in [0.25, 0.3) is 10.9 Å². The molecule has 0 bridgehead atoms. The first-order valence-electron chi connectivity index (χ1n) is 4.93. The summed E-state index contributed by atoms with van der Waals surface area (Å²) in [6, 6.07) is 7.61. The zero-order valence-electron chi connectivity index (χ0n) is 8.92. The van der Waals surface area contributed by atoms with E-state index >= 15 is 0 Å². The first-order chi connectivity index (χ1) is 7.50. The Labute approximate surface area is 92.5 Å². The topological polar surface area (TPSA) is 81.1 Å². The quantitative estimate of drug-likeness (QED) is 0.801. The number of fused-ring (bicyclic) bond motifs is 1. The van der Waals surface area contributed by atoms with Crippen molar-refractivity contribution < 1.29 is 9.90 Å². The fourth-order valence-electron chi connectivity index (χ4n) is 1.53. The van der Waals surface area contributed by atoms with Crippen LogP contribution in [-0.2, 0) is 11.3 Å². The number of carboxylic acid groups (broad SMARTS) is 1. The summed E-state index contributed by atoms with van der Waals surface area (Å²) in [5.74, 6) is -1.04. The maximum absolute atomic E-state index is 10.9. The Hall–Kier alpha value is -1.88. The van der Waals surface area contributed by atoms with E-state index in [-0.39, 0.29) is 6.54 Å². The molecule has 0 saturated heterocycles. The number of para-hydroxylation sites is 1. The molecule has 0 fully saturated rings. The summed E-state index contributed by atoms with van der Waals surface area (Å²) in [6.07, 6.45) is 1.70. The standard InChI is InChI=1S/C11H13N3O2/c1-11(12,10(15)16)7-14-9-5-3-2-4-8(9)6-13-14/h2-6H,7,12H2,1H3,(H,15,16). The summed E-state index contributed by atoms with van der Waals surface area (Å²) in [7, 11) is 0. The van der Waals surface area contributed by atoms with E-state index in [2.05, 4.69) is 5.10 Å². The van der Waals surface area contributed by atoms with Crippen LogP contribution >= 0.6 is 0 Å². The van der Waals surface area contributed by atoms with Gasteiger partial charge in [0.25, 0.3) is 0 Å². The number of carbonyl (C=O) groups is 1. The van der Waals surface area contributed by atoms with Crippen molar-refractivity contribution in [3.05, 3.63) is 30.5 Å². The molecule has 2 aromatic rings. The van der Waals surface area contributed by atoms with Crippen LogP contribution in [0.5, 0.6) is 0 Å². The Morgan fingerprint density at radius 3 is 2.94 bits per heavy atom. The van der Waals surface area contributed by atoms with Crippen LogP contribution in [0.15, 0.2) is 30.5 Å². The first kappa shape index (κ1) is 10.6. The van der Waals surface area contributed by atoms with Gasteiger partial charge < -0.3 is 10.8 Å². The molecule has 2 rings (SSSR count). The minimum atomic E-state index is -1.31. The molecule has 0 amide bonds. The van der Waals surface area contributed by atoms with E-state index in [1.54, 1.807) is 10.9 Å². The van der Waals surface area contributed by atoms with Crippen molar-refractivity contribution in [2.24, 2.45) is 5.73 Å². The van der Waals surface area contributed by atoms with E-state index in [9.17, 15) is 4.79 Å². The van der Waals surface area contributed by atoms with Gasteiger partial charge in [-0.1, -0.05) is 18.2 Å². The number of hydrogen-bond donors (Lipinski definition) is 2. The highest BCUT2D eigenvalue weighted by Gasteiger charge is 2.29. The summed E-state index contributed by atoms with van der Waals surface area (Å²) in [5, 5.41) is 14.1. The third kappa shape index (κ3) is 1.77. The monoisotopic (exact) mass is 219 g/mol. The molecule has 0 saturated carbocycles. The van der Waals surface area contributed by atoms with Gasteiger partial charge in [-0.3, -0.25) is 9.48 Å². The maximum atomic E-state index is 10.9. The summed E-state index contributed by atoms with van der Waals surface area (Å²) >= 11 is 0. The molecular formula is C11H13N3O2. The van der Waals surface area contributed by atoms with Crippen molar-refractivity contribution in [3.63, 3.8) is 0 Å². The lowest BCUT2D eigenvalue weighted by Crippen LogP contribution is -2.48. The van der Waals surface area contributed by atoms with Crippen molar-refractivity contribution in [1.29, 1.82) is 0 Å². The molecule has 0 spiro atoms. The highest BCUT2D eigenvalue weighted by atomic mass is 16.4. The third-order valence-electron chi connectivity index (χ3n) is 2.52. The van der Waals surface area contributed by atoms with Crippen LogP contribution in [-0.4, -0.2) is 26.4 Å². The number of hydrogen-bond acceptors (Lipinski definition) is 3. The van der Waals surface area contributed by atoms with E-state index in [1.807, 2.05) is 24.3 Å². The Bertz CT molecular complexity index is 531. The molecule has 1 unspecified atom stereocenters. The van der Waals surface area contributed by atoms with E-state index < -0.39 is 11.5 Å². The van der Waals surface area contributed by atoms with E-state index in [4.69, 9.17) is 10.8 Å². The van der Waals surface area contributed by atoms with Gasteiger partial charge in [-0.25, -0.2) is 0 Å². The predicted molar refractivity (Wildman–Crippen MR) is 60.0 cm³/mol. The van der Waals surface area contributed by atoms with E-state index in [0.29, 0.717) is 0 Å². The highest BCUT2D eigenvalue weighted by molar-refractivity contribution is 5.80. The molecule has 5 nitrogen and oxygen atoms in total. The lowest BCUT2D eigenvalue weighted by atomic mass is 10.1. The average molecular weight is 219 g/mol. The molecule has 0 radical (unpaired) electrons. The Morgan fingerprint density at radius 2 is 2.25 bits per heavy atom. The summed E-state index contributed by atoms with van der Waals surface area (Å²) < 4.78 is 1.61. The summed E-state index contributed by atoms with van der Waals surface area (Å²) in [6.45, 7) is 1.63. The molecule has 84 valence electrons. The van der Waals surface area contributed by atoms with Gasteiger partial charge in [0.15, 0.2) is 0 Å². The lowest BCUT2D eigenvalue weighted by Gasteiger charge is -2.19. The second kappa shape index (κ2) is 3.61. The summed E-state index contributed by atoms with van der Waals surface area (Å²) in [4.78, 5) is 10.9. The Morgan fingerprint density at radius 1 is 1.56 bits per heavy atom. The van der Waals surface area contributed by atoms with Crippen molar-refractivity contribution in [3.8, 4) is 0 Å². The molecule has 0 aliphatic heterocycles. The molecule has 1 aromatic heterocycles. The molecular weight excluding hydrogens is 206 g/mol. The molecule has 0 aliphatic rings. The first-order valence-corrected chi connectivity index (χ1v) is 4.93. The van der Waals surface area contributed by atoms with Crippen molar-refractivity contribution in [2.45, 2.75) is 19.0 Å². The number of rotatable bonds is 3. The van der Waals surface area contributed by atoms with Crippen LogP contribution in [0, 0.1) is 0 Å². The third-order valence-corrected chi connectivity index (χ3v) is 2.52. The molecule has 16 heavy (non-hydrogen) atoms. The van der Waals surface area contributed by atoms with Gasteiger partial charge in [0.2, 0.25) is 0 Å². The van der Waals surface area contributed by atoms with Crippen LogP contribution in [0.2, 0.25) is 0 Å². The van der Waals surface area contributed by atoms with Gasteiger partial charge >= 0.3 is 5.97 Å². The minimum absolute atomic E-state index is 0.149. The number of nitrogens with two attached hydrogens (primary N) is 1. The Balaban J connectivity index is 2.38. The number of carboxylic acids is 1. The number of aromatic nitrogens is 2. The number of benzene rings is 1. The summed E-state index contributed by atoms with van der Waals surface area (Å²) in [5.41, 5.74) is 5.26. The van der Waals surface area contributed by atoms with Gasteiger partial charge in [0, 0.05) is 5.39 Å². The van der Waals surface area contributed by atoms with Crippen molar-refractivity contribution in [1.82, 2.24) is 9.78 Å². The fourth-order valence-corrected chi connectivity index (χ4v) is 1.53. The second-order valence-corrected chi connectivity index (χ2v) is 4.08. The predicted octanol–water partition coefficient (Wildman–Crippen LogP) is 0.838. The van der Waals surface area contributed by atoms with Gasteiger partial charge in [-0.05, 0) is 13.0 Å². The highest BCUT2D eigenvalue weighted by Crippen LogP contribution is 2.15. The maximum Gasteiger partial charge on any atom is 0.325 e. The van der Waals surface area contributed by atoms with Crippen molar-refractivity contribution >= 4 is 16.9 Å². The molecule has 5 heteroatoms. The van der Waals surface area contributed by atoms with Crippen LogP contribution in [0.4, 0.5) is 0 Å². The van der Waals surface area contributed by atoms with Gasteiger partial charge in [-0.15, -0.1) is 0 Å².